The Balaban J connectivity index is 2.30. The van der Waals surface area contributed by atoms with Gasteiger partial charge in [0.25, 0.3) is 0 Å². The highest BCUT2D eigenvalue weighted by Gasteiger charge is 2.22. The molecule has 0 unspecified atom stereocenters. The third kappa shape index (κ3) is 3.54. The fourth-order valence-electron chi connectivity index (χ4n) is 2.37. The first kappa shape index (κ1) is 11.9. The van der Waals surface area contributed by atoms with E-state index in [0.717, 1.165) is 12.5 Å². The van der Waals surface area contributed by atoms with Crippen LogP contribution < -0.4 is 5.73 Å². The van der Waals surface area contributed by atoms with Gasteiger partial charge in [-0.2, -0.15) is 0 Å². The average molecular weight is 214 g/mol. The summed E-state index contributed by atoms with van der Waals surface area (Å²) in [6.07, 6.45) is 6.73. The first-order valence-corrected chi connectivity index (χ1v) is 6.02. The van der Waals surface area contributed by atoms with E-state index in [9.17, 15) is 0 Å². The van der Waals surface area contributed by atoms with E-state index in [0.29, 0.717) is 11.0 Å². The smallest absolute Gasteiger partial charge is 0.0870 e. The molecular formula is C11H22N2S. The number of nitrogens with zero attached hydrogens (tertiary/aromatic N) is 1. The van der Waals surface area contributed by atoms with Crippen molar-refractivity contribution in [1.82, 2.24) is 4.90 Å². The lowest BCUT2D eigenvalue weighted by atomic mass is 9.84. The summed E-state index contributed by atoms with van der Waals surface area (Å²) < 4.78 is 0. The van der Waals surface area contributed by atoms with Crippen LogP contribution in [0.2, 0.25) is 0 Å². The van der Waals surface area contributed by atoms with E-state index in [2.05, 4.69) is 18.9 Å². The normalized spacial score (nSPS) is 27.9. The van der Waals surface area contributed by atoms with Gasteiger partial charge in [0.15, 0.2) is 0 Å². The van der Waals surface area contributed by atoms with E-state index < -0.39 is 0 Å². The molecule has 82 valence electrons. The molecule has 0 aromatic heterocycles. The molecule has 0 aromatic carbocycles. The Morgan fingerprint density at radius 2 is 1.93 bits per heavy atom. The zero-order valence-corrected chi connectivity index (χ0v) is 10.1. The molecule has 0 spiro atoms. The van der Waals surface area contributed by atoms with E-state index in [-0.39, 0.29) is 0 Å². The number of thiocarbonyl (C=S) groups is 1. The van der Waals surface area contributed by atoms with Crippen LogP contribution in [0.15, 0.2) is 0 Å². The van der Waals surface area contributed by atoms with Gasteiger partial charge in [0.05, 0.1) is 4.99 Å². The van der Waals surface area contributed by atoms with Crippen molar-refractivity contribution < 1.29 is 0 Å². The molecule has 0 atom stereocenters. The summed E-state index contributed by atoms with van der Waals surface area (Å²) in [6.45, 7) is 3.07. The van der Waals surface area contributed by atoms with Gasteiger partial charge in [0, 0.05) is 12.6 Å². The molecule has 14 heavy (non-hydrogen) atoms. The Morgan fingerprint density at radius 1 is 1.36 bits per heavy atom. The van der Waals surface area contributed by atoms with Gasteiger partial charge in [-0.05, 0) is 38.6 Å². The summed E-state index contributed by atoms with van der Waals surface area (Å²) in [4.78, 5) is 2.93. The third-order valence-corrected chi connectivity index (χ3v) is 3.55. The lowest BCUT2D eigenvalue weighted by Gasteiger charge is -2.34. The Bertz CT molecular complexity index is 186. The minimum atomic E-state index is 0.616. The van der Waals surface area contributed by atoms with Gasteiger partial charge in [-0.25, -0.2) is 0 Å². The molecule has 1 rings (SSSR count). The molecule has 2 N–H and O–H groups in total. The van der Waals surface area contributed by atoms with Crippen molar-refractivity contribution in [3.05, 3.63) is 0 Å². The van der Waals surface area contributed by atoms with E-state index in [1.807, 2.05) is 0 Å². The van der Waals surface area contributed by atoms with Gasteiger partial charge >= 0.3 is 0 Å². The quantitative estimate of drug-likeness (QED) is 0.727. The molecular weight excluding hydrogens is 192 g/mol. The zero-order valence-electron chi connectivity index (χ0n) is 9.33. The highest BCUT2D eigenvalue weighted by atomic mass is 32.1. The second-order valence-corrected chi connectivity index (χ2v) is 4.99. The Kier molecular flexibility index (Phi) is 4.82. The summed E-state index contributed by atoms with van der Waals surface area (Å²) in [7, 11) is 2.14. The molecule has 0 heterocycles. The van der Waals surface area contributed by atoms with Crippen LogP contribution in [-0.4, -0.2) is 29.5 Å². The van der Waals surface area contributed by atoms with Crippen LogP contribution in [0.4, 0.5) is 0 Å². The van der Waals surface area contributed by atoms with Crippen molar-refractivity contribution in [3.8, 4) is 0 Å². The maximum Gasteiger partial charge on any atom is 0.0870 e. The molecule has 0 radical (unpaired) electrons. The number of hydrogen-bond acceptors (Lipinski definition) is 2. The van der Waals surface area contributed by atoms with Crippen molar-refractivity contribution in [1.29, 1.82) is 0 Å². The van der Waals surface area contributed by atoms with Crippen LogP contribution >= 0.6 is 12.2 Å². The molecule has 0 aromatic rings. The standard InChI is InChI=1S/C11H22N2S/c1-3-9-4-6-10(7-5-9)13(2)8-11(12)14/h9-10H,3-8H2,1-2H3,(H2,12,14). The number of nitrogens with two attached hydrogens (primary N) is 1. The maximum atomic E-state index is 5.54. The zero-order chi connectivity index (χ0) is 10.6. The second kappa shape index (κ2) is 5.66. The molecule has 1 aliphatic carbocycles. The van der Waals surface area contributed by atoms with E-state index in [4.69, 9.17) is 18.0 Å². The number of hydrogen-bond donors (Lipinski definition) is 1. The number of likely N-dealkylation sites (N-methyl/N-ethyl adjacent to an activating group) is 1. The first-order valence-electron chi connectivity index (χ1n) is 5.62. The van der Waals surface area contributed by atoms with Gasteiger partial charge in [0.1, 0.15) is 0 Å². The van der Waals surface area contributed by atoms with E-state index in [1.54, 1.807) is 0 Å². The van der Waals surface area contributed by atoms with Crippen molar-refractivity contribution in [3.63, 3.8) is 0 Å². The van der Waals surface area contributed by atoms with Crippen LogP contribution in [0.5, 0.6) is 0 Å². The molecule has 0 amide bonds. The van der Waals surface area contributed by atoms with Gasteiger partial charge in [-0.15, -0.1) is 0 Å². The van der Waals surface area contributed by atoms with E-state index >= 15 is 0 Å². The molecule has 0 bridgehead atoms. The molecule has 0 saturated heterocycles. The van der Waals surface area contributed by atoms with Crippen LogP contribution in [-0.2, 0) is 0 Å². The highest BCUT2D eigenvalue weighted by molar-refractivity contribution is 7.80. The minimum Gasteiger partial charge on any atom is -0.392 e. The summed E-state index contributed by atoms with van der Waals surface area (Å²) in [5.41, 5.74) is 5.54. The molecule has 3 heteroatoms. The van der Waals surface area contributed by atoms with Crippen molar-refractivity contribution >= 4 is 17.2 Å². The van der Waals surface area contributed by atoms with Crippen LogP contribution in [0.1, 0.15) is 39.0 Å². The molecule has 2 nitrogen and oxygen atoms in total. The Labute approximate surface area is 92.8 Å². The highest BCUT2D eigenvalue weighted by Crippen LogP contribution is 2.28. The third-order valence-electron chi connectivity index (χ3n) is 3.42. The summed E-state index contributed by atoms with van der Waals surface area (Å²) >= 11 is 4.92. The maximum absolute atomic E-state index is 5.54. The van der Waals surface area contributed by atoms with Crippen LogP contribution in [0.25, 0.3) is 0 Å². The topological polar surface area (TPSA) is 29.3 Å². The van der Waals surface area contributed by atoms with Crippen molar-refractivity contribution in [2.24, 2.45) is 11.7 Å². The van der Waals surface area contributed by atoms with Gasteiger partial charge in [-0.3, -0.25) is 4.90 Å². The monoisotopic (exact) mass is 214 g/mol. The van der Waals surface area contributed by atoms with Crippen molar-refractivity contribution in [2.75, 3.05) is 13.6 Å². The molecule has 1 aliphatic rings. The molecule has 1 fully saturated rings. The second-order valence-electron chi connectivity index (χ2n) is 4.46. The van der Waals surface area contributed by atoms with E-state index in [1.165, 1.54) is 32.1 Å². The van der Waals surface area contributed by atoms with Gasteiger partial charge in [-0.1, -0.05) is 25.6 Å². The summed E-state index contributed by atoms with van der Waals surface area (Å²) in [5.74, 6) is 0.962. The summed E-state index contributed by atoms with van der Waals surface area (Å²) in [5, 5.41) is 0. The molecule has 0 aliphatic heterocycles. The van der Waals surface area contributed by atoms with Crippen molar-refractivity contribution in [2.45, 2.75) is 45.1 Å². The van der Waals surface area contributed by atoms with Crippen LogP contribution in [0.3, 0.4) is 0 Å². The van der Waals surface area contributed by atoms with Gasteiger partial charge in [0.2, 0.25) is 0 Å². The minimum absolute atomic E-state index is 0.616. The predicted molar refractivity (Wildman–Crippen MR) is 65.5 cm³/mol. The fourth-order valence-corrected chi connectivity index (χ4v) is 2.57. The Hall–Kier alpha value is -0.150. The SMILES string of the molecule is CCC1CCC(N(C)CC(N)=S)CC1. The largest absolute Gasteiger partial charge is 0.392 e. The Morgan fingerprint density at radius 3 is 2.36 bits per heavy atom. The van der Waals surface area contributed by atoms with Crippen LogP contribution in [0, 0.1) is 5.92 Å². The molecule has 1 saturated carbocycles. The summed E-state index contributed by atoms with van der Waals surface area (Å²) in [6, 6.07) is 0.708. The lowest BCUT2D eigenvalue weighted by molar-refractivity contribution is 0.181. The average Bonchev–Trinajstić information content (AvgIpc) is 2.17. The fraction of sp³-hybridized carbons (Fsp3) is 0.909. The predicted octanol–water partition coefficient (Wildman–Crippen LogP) is 2.17. The number of rotatable bonds is 4. The first-order chi connectivity index (χ1) is 6.63. The van der Waals surface area contributed by atoms with Gasteiger partial charge < -0.3 is 5.73 Å². The lowest BCUT2D eigenvalue weighted by Crippen LogP contribution is -2.39.